The molecular formula is C23H35NO3. The van der Waals surface area contributed by atoms with Crippen LogP contribution < -0.4 is 5.32 Å². The van der Waals surface area contributed by atoms with E-state index >= 15 is 0 Å². The highest BCUT2D eigenvalue weighted by atomic mass is 16.5. The van der Waals surface area contributed by atoms with Crippen molar-refractivity contribution in [3.63, 3.8) is 0 Å². The first-order chi connectivity index (χ1) is 12.9. The van der Waals surface area contributed by atoms with E-state index in [-0.39, 0.29) is 29.3 Å². The normalized spacial score (nSPS) is 61.4. The third kappa shape index (κ3) is 1.95. The van der Waals surface area contributed by atoms with Crippen molar-refractivity contribution in [1.29, 1.82) is 0 Å². The Labute approximate surface area is 162 Å². The molecule has 0 aromatic rings. The standard InChI is InChI=1S/C23H35NO3/c1-21-8-5-14(25)11-13(21)3-4-18-17(21)6-9-22(2)16-7-10-23(18,22)27-20-15(16)12-19(26)24-20/h13-18,20,25H,3-12H2,1-2H3,(H,24,26). The van der Waals surface area contributed by atoms with Crippen LogP contribution in [-0.4, -0.2) is 28.9 Å². The van der Waals surface area contributed by atoms with Crippen LogP contribution in [0.3, 0.4) is 0 Å². The minimum absolute atomic E-state index is 0.0244. The van der Waals surface area contributed by atoms with Crippen LogP contribution in [0, 0.1) is 40.4 Å². The molecule has 2 aliphatic heterocycles. The first-order valence-corrected chi connectivity index (χ1v) is 11.5. The van der Waals surface area contributed by atoms with Gasteiger partial charge in [-0.05, 0) is 86.9 Å². The number of aliphatic hydroxyl groups is 1. The number of amides is 1. The van der Waals surface area contributed by atoms with Crippen molar-refractivity contribution in [3.8, 4) is 0 Å². The van der Waals surface area contributed by atoms with Crippen molar-refractivity contribution in [2.75, 3.05) is 0 Å². The van der Waals surface area contributed by atoms with Crippen molar-refractivity contribution in [1.82, 2.24) is 5.32 Å². The van der Waals surface area contributed by atoms with Crippen molar-refractivity contribution in [2.24, 2.45) is 40.4 Å². The van der Waals surface area contributed by atoms with E-state index in [4.69, 9.17) is 4.74 Å². The molecular weight excluding hydrogens is 338 g/mol. The van der Waals surface area contributed by atoms with Gasteiger partial charge in [-0.15, -0.1) is 0 Å². The zero-order chi connectivity index (χ0) is 18.6. The Morgan fingerprint density at radius 1 is 1.00 bits per heavy atom. The van der Waals surface area contributed by atoms with E-state index in [0.717, 1.165) is 18.8 Å². The maximum absolute atomic E-state index is 12.1. The average Bonchev–Trinajstić information content (AvgIpc) is 3.08. The Hall–Kier alpha value is -0.610. The fourth-order valence-electron chi connectivity index (χ4n) is 9.52. The van der Waals surface area contributed by atoms with Gasteiger partial charge in [0.15, 0.2) is 0 Å². The fourth-order valence-corrected chi connectivity index (χ4v) is 9.52. The SMILES string of the molecule is CC12CCC(O)CC1CCC1C2CCC2(C)C3CCC12OC1NC(=O)CC13. The lowest BCUT2D eigenvalue weighted by Gasteiger charge is -2.67. The molecule has 2 N–H and O–H groups in total. The third-order valence-corrected chi connectivity index (χ3v) is 10.8. The predicted octanol–water partition coefficient (Wildman–Crippen LogP) is 3.62. The molecule has 6 fully saturated rings. The van der Waals surface area contributed by atoms with Gasteiger partial charge in [-0.3, -0.25) is 4.79 Å². The van der Waals surface area contributed by atoms with Crippen molar-refractivity contribution in [3.05, 3.63) is 0 Å². The smallest absolute Gasteiger partial charge is 0.222 e. The molecule has 0 aromatic carbocycles. The molecule has 27 heavy (non-hydrogen) atoms. The van der Waals surface area contributed by atoms with Gasteiger partial charge >= 0.3 is 0 Å². The molecule has 6 rings (SSSR count). The van der Waals surface area contributed by atoms with Crippen molar-refractivity contribution in [2.45, 2.75) is 96.0 Å². The molecule has 2 saturated heterocycles. The zero-order valence-corrected chi connectivity index (χ0v) is 16.9. The summed E-state index contributed by atoms with van der Waals surface area (Å²) in [5.41, 5.74) is 0.595. The highest BCUT2D eigenvalue weighted by Gasteiger charge is 2.73. The molecule has 0 aromatic heterocycles. The molecule has 0 spiro atoms. The van der Waals surface area contributed by atoms with Gasteiger partial charge in [0, 0.05) is 17.8 Å². The maximum Gasteiger partial charge on any atom is 0.222 e. The molecule has 0 radical (unpaired) electrons. The quantitative estimate of drug-likeness (QED) is 0.682. The summed E-state index contributed by atoms with van der Waals surface area (Å²) < 4.78 is 7.00. The van der Waals surface area contributed by atoms with Gasteiger partial charge in [0.1, 0.15) is 6.23 Å². The summed E-state index contributed by atoms with van der Waals surface area (Å²) in [6, 6.07) is 0. The third-order valence-electron chi connectivity index (χ3n) is 10.8. The summed E-state index contributed by atoms with van der Waals surface area (Å²) in [5, 5.41) is 13.4. The topological polar surface area (TPSA) is 58.6 Å². The number of ether oxygens (including phenoxy) is 1. The minimum Gasteiger partial charge on any atom is -0.393 e. The van der Waals surface area contributed by atoms with Crippen LogP contribution in [0.2, 0.25) is 0 Å². The number of nitrogens with one attached hydrogen (secondary N) is 1. The fraction of sp³-hybridized carbons (Fsp3) is 0.957. The van der Waals surface area contributed by atoms with Crippen LogP contribution in [-0.2, 0) is 9.53 Å². The molecule has 4 nitrogen and oxygen atoms in total. The maximum atomic E-state index is 12.1. The highest BCUT2D eigenvalue weighted by molar-refractivity contribution is 5.79. The van der Waals surface area contributed by atoms with E-state index in [0.29, 0.717) is 35.5 Å². The van der Waals surface area contributed by atoms with Gasteiger partial charge in [0.05, 0.1) is 11.7 Å². The van der Waals surface area contributed by atoms with Crippen LogP contribution in [0.5, 0.6) is 0 Å². The second-order valence-corrected chi connectivity index (χ2v) is 11.4. The summed E-state index contributed by atoms with van der Waals surface area (Å²) in [6.45, 7) is 5.05. The summed E-state index contributed by atoms with van der Waals surface area (Å²) in [4.78, 5) is 12.1. The van der Waals surface area contributed by atoms with E-state index in [2.05, 4.69) is 19.2 Å². The van der Waals surface area contributed by atoms with Crippen LogP contribution in [0.1, 0.15) is 78.1 Å². The minimum atomic E-state index is -0.0807. The van der Waals surface area contributed by atoms with Gasteiger partial charge in [0.2, 0.25) is 5.91 Å². The molecule has 2 heterocycles. The Balaban J connectivity index is 1.39. The van der Waals surface area contributed by atoms with E-state index in [1.54, 1.807) is 0 Å². The second kappa shape index (κ2) is 5.30. The lowest BCUT2D eigenvalue weighted by Crippen LogP contribution is -2.67. The molecule has 4 saturated carbocycles. The predicted molar refractivity (Wildman–Crippen MR) is 102 cm³/mol. The van der Waals surface area contributed by atoms with Crippen LogP contribution in [0.25, 0.3) is 0 Å². The van der Waals surface area contributed by atoms with E-state index < -0.39 is 0 Å². The number of hydrogen-bond acceptors (Lipinski definition) is 3. The Kier molecular flexibility index (Phi) is 3.39. The summed E-state index contributed by atoms with van der Waals surface area (Å²) >= 11 is 0. The number of fused-ring (bicyclic) bond motifs is 5. The first-order valence-electron chi connectivity index (χ1n) is 11.5. The molecule has 4 heteroatoms. The summed E-state index contributed by atoms with van der Waals surface area (Å²) in [6.07, 6.45) is 11.3. The van der Waals surface area contributed by atoms with Gasteiger partial charge in [-0.25, -0.2) is 0 Å². The van der Waals surface area contributed by atoms with E-state index in [1.807, 2.05) is 0 Å². The van der Waals surface area contributed by atoms with Crippen molar-refractivity contribution >= 4 is 5.91 Å². The Morgan fingerprint density at radius 2 is 1.81 bits per heavy atom. The lowest BCUT2D eigenvalue weighted by atomic mass is 9.42. The largest absolute Gasteiger partial charge is 0.393 e. The van der Waals surface area contributed by atoms with Crippen molar-refractivity contribution < 1.29 is 14.6 Å². The summed E-state index contributed by atoms with van der Waals surface area (Å²) in [7, 11) is 0. The van der Waals surface area contributed by atoms with Gasteiger partial charge in [0.25, 0.3) is 0 Å². The number of hydrogen-bond donors (Lipinski definition) is 2. The molecule has 6 aliphatic rings. The molecule has 10 unspecified atom stereocenters. The molecule has 2 bridgehead atoms. The Bertz CT molecular complexity index is 681. The van der Waals surface area contributed by atoms with E-state index in [9.17, 15) is 9.90 Å². The molecule has 150 valence electrons. The molecule has 10 atom stereocenters. The first kappa shape index (κ1) is 17.3. The van der Waals surface area contributed by atoms with Gasteiger partial charge < -0.3 is 15.2 Å². The monoisotopic (exact) mass is 373 g/mol. The molecule has 4 aliphatic carbocycles. The van der Waals surface area contributed by atoms with Crippen LogP contribution in [0.4, 0.5) is 0 Å². The average molecular weight is 374 g/mol. The highest BCUT2D eigenvalue weighted by Crippen LogP contribution is 2.73. The number of carbonyl (C=O) groups excluding carboxylic acids is 1. The van der Waals surface area contributed by atoms with Gasteiger partial charge in [-0.2, -0.15) is 0 Å². The lowest BCUT2D eigenvalue weighted by molar-refractivity contribution is -0.288. The summed E-state index contributed by atoms with van der Waals surface area (Å²) in [5.74, 6) is 3.28. The Morgan fingerprint density at radius 3 is 2.67 bits per heavy atom. The number of rotatable bonds is 0. The number of aliphatic hydroxyl groups excluding tert-OH is 1. The van der Waals surface area contributed by atoms with Crippen LogP contribution in [0.15, 0.2) is 0 Å². The van der Waals surface area contributed by atoms with Gasteiger partial charge in [-0.1, -0.05) is 13.8 Å². The van der Waals surface area contributed by atoms with E-state index in [1.165, 1.54) is 44.9 Å². The zero-order valence-electron chi connectivity index (χ0n) is 16.9. The second-order valence-electron chi connectivity index (χ2n) is 11.4. The van der Waals surface area contributed by atoms with Crippen LogP contribution >= 0.6 is 0 Å². The number of carbonyl (C=O) groups is 1. The molecule has 1 amide bonds.